The molecule has 9 nitrogen and oxygen atoms in total. The minimum Gasteiger partial charge on any atom is -0.491 e. The number of carbonyl (C=O) groups is 2. The second kappa shape index (κ2) is 8.43. The van der Waals surface area contributed by atoms with E-state index in [1.807, 2.05) is 13.8 Å². The number of carboxylic acid groups (broad SMARTS) is 1. The van der Waals surface area contributed by atoms with Crippen LogP contribution in [0.4, 0.5) is 0 Å². The number of methoxy groups -OCH3 is 1. The van der Waals surface area contributed by atoms with Crippen LogP contribution in [0.15, 0.2) is 24.3 Å². The molecule has 1 aromatic heterocycles. The second-order valence-corrected chi connectivity index (χ2v) is 5.92. The molecule has 9 heteroatoms. The minimum atomic E-state index is -1.19. The van der Waals surface area contributed by atoms with Gasteiger partial charge in [-0.05, 0) is 45.0 Å². The molecule has 0 aliphatic carbocycles. The van der Waals surface area contributed by atoms with Gasteiger partial charge in [0, 0.05) is 7.11 Å². The summed E-state index contributed by atoms with van der Waals surface area (Å²) in [5, 5.41) is 19.3. The highest BCUT2D eigenvalue weighted by Gasteiger charge is 2.24. The number of hydrogen-bond donors (Lipinski definition) is 2. The monoisotopic (exact) mass is 362 g/mol. The van der Waals surface area contributed by atoms with Crippen LogP contribution in [-0.2, 0) is 9.53 Å². The average Bonchev–Trinajstić information content (AvgIpc) is 2.96. The number of rotatable bonds is 8. The van der Waals surface area contributed by atoms with E-state index in [0.717, 1.165) is 5.75 Å². The van der Waals surface area contributed by atoms with Crippen molar-refractivity contribution in [2.75, 3.05) is 13.7 Å². The van der Waals surface area contributed by atoms with Gasteiger partial charge in [0.05, 0.1) is 24.1 Å². The minimum absolute atomic E-state index is 0.0508. The molecule has 0 saturated carbocycles. The zero-order valence-corrected chi connectivity index (χ0v) is 15.1. The largest absolute Gasteiger partial charge is 0.491 e. The average molecular weight is 362 g/mol. The fraction of sp³-hybridized carbons (Fsp3) is 0.412. The summed E-state index contributed by atoms with van der Waals surface area (Å²) in [4.78, 5) is 23.4. The topological polar surface area (TPSA) is 116 Å². The Morgan fingerprint density at radius 1 is 1.27 bits per heavy atom. The first-order valence-corrected chi connectivity index (χ1v) is 8.05. The maximum absolute atomic E-state index is 12.3. The number of hydrogen-bond acceptors (Lipinski definition) is 6. The number of aliphatic carboxylic acids is 1. The van der Waals surface area contributed by atoms with Gasteiger partial charge in [0.25, 0.3) is 5.91 Å². The van der Waals surface area contributed by atoms with Gasteiger partial charge in [0.2, 0.25) is 0 Å². The Morgan fingerprint density at radius 3 is 2.46 bits per heavy atom. The van der Waals surface area contributed by atoms with Crippen molar-refractivity contribution >= 4 is 11.9 Å². The quantitative estimate of drug-likeness (QED) is 0.725. The molecule has 0 bridgehead atoms. The van der Waals surface area contributed by atoms with Gasteiger partial charge in [-0.2, -0.15) is 0 Å². The summed E-state index contributed by atoms with van der Waals surface area (Å²) in [6.07, 6.45) is 0.0681. The van der Waals surface area contributed by atoms with Crippen LogP contribution >= 0.6 is 0 Å². The van der Waals surface area contributed by atoms with E-state index in [2.05, 4.69) is 15.6 Å². The Balaban J connectivity index is 2.18. The highest BCUT2D eigenvalue weighted by atomic mass is 16.5. The van der Waals surface area contributed by atoms with Gasteiger partial charge in [0.15, 0.2) is 11.7 Å². The number of amides is 1. The maximum Gasteiger partial charge on any atom is 0.328 e. The lowest BCUT2D eigenvalue weighted by molar-refractivity contribution is -0.140. The van der Waals surface area contributed by atoms with E-state index in [0.29, 0.717) is 11.4 Å². The highest BCUT2D eigenvalue weighted by Crippen LogP contribution is 2.18. The predicted octanol–water partition coefficient (Wildman–Crippen LogP) is 1.19. The summed E-state index contributed by atoms with van der Waals surface area (Å²) in [5.74, 6) is -1.09. The zero-order valence-electron chi connectivity index (χ0n) is 15.1. The molecule has 1 atom stereocenters. The van der Waals surface area contributed by atoms with Crippen molar-refractivity contribution < 1.29 is 24.2 Å². The molecule has 0 aliphatic heterocycles. The lowest BCUT2D eigenvalue weighted by Crippen LogP contribution is -2.44. The van der Waals surface area contributed by atoms with Crippen molar-refractivity contribution in [3.8, 4) is 11.4 Å². The van der Waals surface area contributed by atoms with Gasteiger partial charge in [-0.25, -0.2) is 9.48 Å². The standard InChI is InChI=1S/C17H22N4O5/c1-10(2)26-13-7-5-12(6-8-13)21-11(3)15(19-20-21)16(22)18-14(9-25-4)17(23)24/h5-8,10,14H,9H2,1-4H3,(H,18,22)(H,23,24). The summed E-state index contributed by atoms with van der Waals surface area (Å²) in [6, 6.07) is 6.03. The third-order valence-corrected chi connectivity index (χ3v) is 3.50. The van der Waals surface area contributed by atoms with Gasteiger partial charge in [-0.3, -0.25) is 4.79 Å². The van der Waals surface area contributed by atoms with E-state index in [-0.39, 0.29) is 18.4 Å². The van der Waals surface area contributed by atoms with E-state index in [1.165, 1.54) is 11.8 Å². The molecule has 140 valence electrons. The Labute approximate surface area is 150 Å². The normalized spacial score (nSPS) is 12.0. The summed E-state index contributed by atoms with van der Waals surface area (Å²) in [7, 11) is 1.36. The van der Waals surface area contributed by atoms with Crippen LogP contribution in [0.2, 0.25) is 0 Å². The molecule has 1 heterocycles. The predicted molar refractivity (Wildman–Crippen MR) is 92.6 cm³/mol. The van der Waals surface area contributed by atoms with Crippen LogP contribution in [-0.4, -0.2) is 57.8 Å². The van der Waals surface area contributed by atoms with Crippen LogP contribution in [0.5, 0.6) is 5.75 Å². The molecule has 2 rings (SSSR count). The first kappa shape index (κ1) is 19.4. The maximum atomic E-state index is 12.3. The van der Waals surface area contributed by atoms with Crippen molar-refractivity contribution in [1.82, 2.24) is 20.3 Å². The Hall–Kier alpha value is -2.94. The van der Waals surface area contributed by atoms with E-state index < -0.39 is 17.9 Å². The van der Waals surface area contributed by atoms with E-state index >= 15 is 0 Å². The highest BCUT2D eigenvalue weighted by molar-refractivity contribution is 5.95. The SMILES string of the molecule is COCC(NC(=O)c1nnn(-c2ccc(OC(C)C)cc2)c1C)C(=O)O. The van der Waals surface area contributed by atoms with Gasteiger partial charge in [-0.15, -0.1) is 5.10 Å². The molecule has 0 radical (unpaired) electrons. The van der Waals surface area contributed by atoms with E-state index in [4.69, 9.17) is 14.6 Å². The van der Waals surface area contributed by atoms with Gasteiger partial charge >= 0.3 is 5.97 Å². The van der Waals surface area contributed by atoms with Gasteiger partial charge in [-0.1, -0.05) is 5.21 Å². The van der Waals surface area contributed by atoms with Crippen LogP contribution in [0.1, 0.15) is 30.0 Å². The van der Waals surface area contributed by atoms with Crippen molar-refractivity contribution in [2.45, 2.75) is 32.9 Å². The third kappa shape index (κ3) is 4.57. The van der Waals surface area contributed by atoms with Crippen molar-refractivity contribution in [2.24, 2.45) is 0 Å². The summed E-state index contributed by atoms with van der Waals surface area (Å²) >= 11 is 0. The van der Waals surface area contributed by atoms with Gasteiger partial charge in [0.1, 0.15) is 5.75 Å². The van der Waals surface area contributed by atoms with Crippen LogP contribution < -0.4 is 10.1 Å². The number of benzene rings is 1. The molecule has 1 aromatic carbocycles. The fourth-order valence-corrected chi connectivity index (χ4v) is 2.29. The van der Waals surface area contributed by atoms with Crippen LogP contribution in [0.25, 0.3) is 5.69 Å². The molecule has 0 fully saturated rings. The first-order valence-electron chi connectivity index (χ1n) is 8.05. The number of nitrogens with one attached hydrogen (secondary N) is 1. The van der Waals surface area contributed by atoms with Crippen molar-refractivity contribution in [3.63, 3.8) is 0 Å². The summed E-state index contributed by atoms with van der Waals surface area (Å²) in [6.45, 7) is 5.41. The number of nitrogens with zero attached hydrogens (tertiary/aromatic N) is 3. The van der Waals surface area contributed by atoms with Crippen molar-refractivity contribution in [1.29, 1.82) is 0 Å². The van der Waals surface area contributed by atoms with E-state index in [9.17, 15) is 9.59 Å². The number of aromatic nitrogens is 3. The van der Waals surface area contributed by atoms with Crippen LogP contribution in [0.3, 0.4) is 0 Å². The number of carboxylic acids is 1. The van der Waals surface area contributed by atoms with Crippen molar-refractivity contribution in [3.05, 3.63) is 35.7 Å². The molecule has 1 amide bonds. The molecule has 26 heavy (non-hydrogen) atoms. The third-order valence-electron chi connectivity index (χ3n) is 3.50. The summed E-state index contributed by atoms with van der Waals surface area (Å²) < 4.78 is 11.9. The Bertz CT molecular complexity index is 770. The molecule has 2 aromatic rings. The Morgan fingerprint density at radius 2 is 1.92 bits per heavy atom. The smallest absolute Gasteiger partial charge is 0.328 e. The molecule has 0 saturated heterocycles. The Kier molecular flexibility index (Phi) is 6.29. The van der Waals surface area contributed by atoms with Gasteiger partial charge < -0.3 is 19.9 Å². The molecule has 0 aliphatic rings. The molecule has 2 N–H and O–H groups in total. The zero-order chi connectivity index (χ0) is 19.3. The second-order valence-electron chi connectivity index (χ2n) is 5.92. The first-order chi connectivity index (χ1) is 12.3. The lowest BCUT2D eigenvalue weighted by atomic mass is 10.2. The molecule has 1 unspecified atom stereocenters. The summed E-state index contributed by atoms with van der Waals surface area (Å²) in [5.41, 5.74) is 1.24. The lowest BCUT2D eigenvalue weighted by Gasteiger charge is -2.12. The molecule has 0 spiro atoms. The number of carbonyl (C=O) groups excluding carboxylic acids is 1. The van der Waals surface area contributed by atoms with Crippen LogP contribution in [0, 0.1) is 6.92 Å². The van der Waals surface area contributed by atoms with E-state index in [1.54, 1.807) is 31.2 Å². The number of ether oxygens (including phenoxy) is 2. The molecular formula is C17H22N4O5. The fourth-order valence-electron chi connectivity index (χ4n) is 2.29. The molecular weight excluding hydrogens is 340 g/mol.